The maximum Gasteiger partial charge on any atom is 0.338 e. The third-order valence-electron chi connectivity index (χ3n) is 5.76. The van der Waals surface area contributed by atoms with E-state index in [9.17, 15) is 19.7 Å². The number of benzene rings is 1. The van der Waals surface area contributed by atoms with E-state index >= 15 is 0 Å². The average molecular weight is 517 g/mol. The Morgan fingerprint density at radius 2 is 2.03 bits per heavy atom. The highest BCUT2D eigenvalue weighted by molar-refractivity contribution is 7.07. The van der Waals surface area contributed by atoms with E-state index in [1.807, 2.05) is 0 Å². The second-order valence-electron chi connectivity index (χ2n) is 8.09. The van der Waals surface area contributed by atoms with Gasteiger partial charge in [-0.15, -0.1) is 0 Å². The molecule has 0 N–H and O–H groups in total. The topological polar surface area (TPSA) is 130 Å². The predicted octanol–water partition coefficient (Wildman–Crippen LogP) is 3.36. The third-order valence-corrected chi connectivity index (χ3v) is 6.74. The fraction of sp³-hybridized carbons (Fsp3) is 0.154. The van der Waals surface area contributed by atoms with Crippen LogP contribution in [0.4, 0.5) is 5.69 Å². The summed E-state index contributed by atoms with van der Waals surface area (Å²) >= 11 is 1.20. The van der Waals surface area contributed by atoms with E-state index in [2.05, 4.69) is 9.98 Å². The van der Waals surface area contributed by atoms with Crippen molar-refractivity contribution >= 4 is 29.1 Å². The van der Waals surface area contributed by atoms with Gasteiger partial charge in [0.2, 0.25) is 0 Å². The second kappa shape index (κ2) is 9.78. The monoisotopic (exact) mass is 516 g/mol. The van der Waals surface area contributed by atoms with Crippen molar-refractivity contribution in [3.63, 3.8) is 0 Å². The van der Waals surface area contributed by atoms with Crippen molar-refractivity contribution < 1.29 is 18.9 Å². The number of nitro benzene ring substituents is 1. The molecule has 0 bridgehead atoms. The number of carbonyl (C=O) groups is 1. The first-order valence-corrected chi connectivity index (χ1v) is 12.1. The largest absolute Gasteiger partial charge is 0.463 e. The van der Waals surface area contributed by atoms with Gasteiger partial charge in [0.25, 0.3) is 11.2 Å². The first kappa shape index (κ1) is 24.1. The van der Waals surface area contributed by atoms with Crippen LogP contribution in [-0.2, 0) is 9.53 Å². The van der Waals surface area contributed by atoms with Crippen molar-refractivity contribution in [1.29, 1.82) is 0 Å². The molecule has 4 heterocycles. The zero-order chi connectivity index (χ0) is 26.1. The second-order valence-corrected chi connectivity index (χ2v) is 9.10. The summed E-state index contributed by atoms with van der Waals surface area (Å²) in [7, 11) is 0. The molecule has 0 saturated carbocycles. The summed E-state index contributed by atoms with van der Waals surface area (Å²) in [6, 6.07) is 12.0. The lowest BCUT2D eigenvalue weighted by Crippen LogP contribution is -2.39. The maximum atomic E-state index is 13.6. The van der Waals surface area contributed by atoms with Crippen molar-refractivity contribution in [1.82, 2.24) is 9.55 Å². The summed E-state index contributed by atoms with van der Waals surface area (Å²) in [5.41, 5.74) is 1.46. The van der Waals surface area contributed by atoms with Gasteiger partial charge in [-0.1, -0.05) is 23.5 Å². The number of thiazole rings is 1. The highest BCUT2D eigenvalue weighted by atomic mass is 32.1. The van der Waals surface area contributed by atoms with E-state index in [0.29, 0.717) is 32.1 Å². The number of carbonyl (C=O) groups excluding carboxylic acids is 1. The lowest BCUT2D eigenvalue weighted by molar-refractivity contribution is -0.384. The molecule has 11 heteroatoms. The Labute approximate surface area is 213 Å². The Morgan fingerprint density at radius 1 is 1.24 bits per heavy atom. The van der Waals surface area contributed by atoms with Crippen LogP contribution >= 0.6 is 11.3 Å². The van der Waals surface area contributed by atoms with E-state index in [0.717, 1.165) is 5.56 Å². The van der Waals surface area contributed by atoms with Gasteiger partial charge in [0.15, 0.2) is 4.80 Å². The van der Waals surface area contributed by atoms with Crippen LogP contribution in [0, 0.1) is 10.1 Å². The number of allylic oxidation sites excluding steroid dienone is 1. The Bertz CT molecular complexity index is 1730. The first-order chi connectivity index (χ1) is 17.9. The standard InChI is InChI=1S/C26H20N4O6S/c1-3-35-25(32)22-15(2)28-26-29(24(31)21(37-26)13-16-9-11-27-12-10-16)23(22)20-8-7-19(36-20)17-5-4-6-18(14-17)30(33)34/h4-14,23H,3H2,1-2H3/b21-13-/t23-/m1/s1. The molecule has 0 saturated heterocycles. The third kappa shape index (κ3) is 4.52. The SMILES string of the molecule is CCOC(=O)C1=C(C)N=c2s/c(=C\c3ccncc3)c(=O)n2[C@@H]1c1ccc(-c2cccc([N+](=O)[O-])c2)o1. The van der Waals surface area contributed by atoms with Gasteiger partial charge >= 0.3 is 5.97 Å². The molecule has 186 valence electrons. The van der Waals surface area contributed by atoms with Gasteiger partial charge in [0.05, 0.1) is 27.3 Å². The molecule has 10 nitrogen and oxygen atoms in total. The van der Waals surface area contributed by atoms with Crippen LogP contribution in [0.15, 0.2) is 86.4 Å². The number of nitro groups is 1. The number of aromatic nitrogens is 2. The number of nitrogens with zero attached hydrogens (tertiary/aromatic N) is 4. The molecule has 0 aliphatic carbocycles. The molecule has 0 radical (unpaired) electrons. The van der Waals surface area contributed by atoms with Crippen molar-refractivity contribution in [3.05, 3.63) is 113 Å². The molecule has 0 spiro atoms. The molecule has 37 heavy (non-hydrogen) atoms. The molecular formula is C26H20N4O6S. The van der Waals surface area contributed by atoms with E-state index in [4.69, 9.17) is 9.15 Å². The number of hydrogen-bond acceptors (Lipinski definition) is 9. The molecular weight excluding hydrogens is 496 g/mol. The van der Waals surface area contributed by atoms with E-state index < -0.39 is 16.9 Å². The minimum Gasteiger partial charge on any atom is -0.463 e. The zero-order valence-electron chi connectivity index (χ0n) is 19.8. The minimum atomic E-state index is -0.928. The smallest absolute Gasteiger partial charge is 0.338 e. The number of pyridine rings is 1. The average Bonchev–Trinajstić information content (AvgIpc) is 3.49. The van der Waals surface area contributed by atoms with Crippen LogP contribution in [0.2, 0.25) is 0 Å². The fourth-order valence-corrected chi connectivity index (χ4v) is 5.15. The lowest BCUT2D eigenvalue weighted by Gasteiger charge is -2.22. The highest BCUT2D eigenvalue weighted by Crippen LogP contribution is 2.34. The number of hydrogen-bond donors (Lipinski definition) is 0. The summed E-state index contributed by atoms with van der Waals surface area (Å²) < 4.78 is 13.3. The Morgan fingerprint density at radius 3 is 2.76 bits per heavy atom. The normalized spacial score (nSPS) is 15.3. The number of rotatable bonds is 6. The summed E-state index contributed by atoms with van der Waals surface area (Å²) in [4.78, 5) is 46.3. The summed E-state index contributed by atoms with van der Waals surface area (Å²) in [5.74, 6) is 0.0522. The first-order valence-electron chi connectivity index (χ1n) is 11.3. The number of fused-ring (bicyclic) bond motifs is 1. The summed E-state index contributed by atoms with van der Waals surface area (Å²) in [6.45, 7) is 3.52. The molecule has 0 amide bonds. The number of esters is 1. The van der Waals surface area contributed by atoms with Crippen molar-refractivity contribution in [2.45, 2.75) is 19.9 Å². The predicted molar refractivity (Wildman–Crippen MR) is 135 cm³/mol. The molecule has 1 aliphatic heterocycles. The van der Waals surface area contributed by atoms with E-state index in [-0.39, 0.29) is 23.4 Å². The lowest BCUT2D eigenvalue weighted by atomic mass is 10.0. The number of non-ortho nitro benzene ring substituents is 1. The van der Waals surface area contributed by atoms with Gasteiger partial charge in [-0.25, -0.2) is 9.79 Å². The van der Waals surface area contributed by atoms with Crippen molar-refractivity contribution in [3.8, 4) is 11.3 Å². The van der Waals surface area contributed by atoms with Crippen LogP contribution < -0.4 is 14.9 Å². The molecule has 4 aromatic rings. The van der Waals surface area contributed by atoms with Crippen molar-refractivity contribution in [2.75, 3.05) is 6.61 Å². The number of ether oxygens (including phenoxy) is 1. The Kier molecular flexibility index (Phi) is 6.36. The molecule has 1 aliphatic rings. The maximum absolute atomic E-state index is 13.6. The van der Waals surface area contributed by atoms with E-state index in [1.165, 1.54) is 28.0 Å². The van der Waals surface area contributed by atoms with Crippen molar-refractivity contribution in [2.24, 2.45) is 4.99 Å². The van der Waals surface area contributed by atoms with Crippen LogP contribution in [0.5, 0.6) is 0 Å². The summed E-state index contributed by atoms with van der Waals surface area (Å²) in [6.07, 6.45) is 5.00. The highest BCUT2D eigenvalue weighted by Gasteiger charge is 2.35. The molecule has 1 atom stereocenters. The fourth-order valence-electron chi connectivity index (χ4n) is 4.10. The minimum absolute atomic E-state index is 0.0810. The van der Waals surface area contributed by atoms with Crippen LogP contribution in [0.1, 0.15) is 31.2 Å². The zero-order valence-corrected chi connectivity index (χ0v) is 20.6. The van der Waals surface area contributed by atoms with Crippen LogP contribution in [0.3, 0.4) is 0 Å². The van der Waals surface area contributed by atoms with Crippen LogP contribution in [-0.4, -0.2) is 27.1 Å². The van der Waals surface area contributed by atoms with Gasteiger partial charge in [-0.2, -0.15) is 0 Å². The van der Waals surface area contributed by atoms with Gasteiger partial charge in [0, 0.05) is 30.1 Å². The van der Waals surface area contributed by atoms with Gasteiger partial charge < -0.3 is 9.15 Å². The van der Waals surface area contributed by atoms with E-state index in [1.54, 1.807) is 68.7 Å². The quantitative estimate of drug-likeness (QED) is 0.218. The molecule has 3 aromatic heterocycles. The molecule has 1 aromatic carbocycles. The molecule has 5 rings (SSSR count). The summed E-state index contributed by atoms with van der Waals surface area (Å²) in [5, 5.41) is 11.2. The Hall–Kier alpha value is -4.64. The van der Waals surface area contributed by atoms with Gasteiger partial charge in [-0.05, 0) is 49.8 Å². The molecule has 0 fully saturated rings. The Balaban J connectivity index is 1.68. The number of furan rings is 1. The van der Waals surface area contributed by atoms with Gasteiger partial charge in [0.1, 0.15) is 17.6 Å². The molecule has 0 unspecified atom stereocenters. The van der Waals surface area contributed by atoms with Gasteiger partial charge in [-0.3, -0.25) is 24.5 Å². The van der Waals surface area contributed by atoms with Crippen LogP contribution in [0.25, 0.3) is 17.4 Å².